The number of aromatic nitrogens is 2. The first-order chi connectivity index (χ1) is 14.7. The number of aryl methyl sites for hydroxylation is 2. The number of nitrogens with one attached hydrogen (secondary N) is 1. The number of ether oxygens (including phenoxy) is 2. The summed E-state index contributed by atoms with van der Waals surface area (Å²) in [5.41, 5.74) is 0.320. The Balaban J connectivity index is 1.56. The van der Waals surface area contributed by atoms with Crippen LogP contribution in [0.15, 0.2) is 29.4 Å². The van der Waals surface area contributed by atoms with E-state index in [1.54, 1.807) is 24.6 Å². The summed E-state index contributed by atoms with van der Waals surface area (Å²) >= 11 is 0. The number of methoxy groups -OCH3 is 1. The summed E-state index contributed by atoms with van der Waals surface area (Å²) < 4.78 is 52.8. The molecule has 0 atom stereocenters. The number of benzene rings is 1. The molecule has 0 aliphatic carbocycles. The molecule has 0 spiro atoms. The lowest BCUT2D eigenvalue weighted by Gasteiger charge is -2.29. The molecule has 0 saturated carbocycles. The maximum absolute atomic E-state index is 14.1. The first-order valence-corrected chi connectivity index (χ1v) is 11.4. The standard InChI is InChI=1S/C20H27FN4O5S/c1-14-22-19(13-24(14)2)31(27,28)25-8-6-15(7-9-25)20(26)23-16-4-5-18(17(21)12-16)30-11-10-29-3/h4-5,12-13,15H,6-11H2,1-3H3,(H,23,26). The van der Waals surface area contributed by atoms with Gasteiger partial charge in [-0.2, -0.15) is 4.31 Å². The van der Waals surface area contributed by atoms with E-state index in [0.29, 0.717) is 31.0 Å². The lowest BCUT2D eigenvalue weighted by Crippen LogP contribution is -2.41. The van der Waals surface area contributed by atoms with Crippen LogP contribution >= 0.6 is 0 Å². The third-order valence-electron chi connectivity index (χ3n) is 5.26. The number of hydrogen-bond acceptors (Lipinski definition) is 6. The molecule has 11 heteroatoms. The number of sulfonamides is 1. The molecule has 1 aliphatic heterocycles. The van der Waals surface area contributed by atoms with Gasteiger partial charge in [0, 0.05) is 51.1 Å². The van der Waals surface area contributed by atoms with Gasteiger partial charge in [-0.25, -0.2) is 17.8 Å². The minimum Gasteiger partial charge on any atom is -0.488 e. The van der Waals surface area contributed by atoms with E-state index in [0.717, 1.165) is 0 Å². The van der Waals surface area contributed by atoms with Crippen molar-refractivity contribution in [2.75, 3.05) is 38.7 Å². The van der Waals surface area contributed by atoms with Crippen LogP contribution in [-0.2, 0) is 26.6 Å². The molecule has 3 rings (SSSR count). The van der Waals surface area contributed by atoms with E-state index < -0.39 is 15.8 Å². The maximum atomic E-state index is 14.1. The Hall–Kier alpha value is -2.50. The monoisotopic (exact) mass is 454 g/mol. The first kappa shape index (κ1) is 23.2. The van der Waals surface area contributed by atoms with Crippen molar-refractivity contribution >= 4 is 21.6 Å². The highest BCUT2D eigenvalue weighted by molar-refractivity contribution is 7.89. The largest absolute Gasteiger partial charge is 0.488 e. The Labute approximate surface area is 181 Å². The summed E-state index contributed by atoms with van der Waals surface area (Å²) in [4.78, 5) is 16.7. The molecule has 0 unspecified atom stereocenters. The van der Waals surface area contributed by atoms with Gasteiger partial charge < -0.3 is 19.4 Å². The van der Waals surface area contributed by atoms with Crippen molar-refractivity contribution in [3.63, 3.8) is 0 Å². The molecule has 2 aromatic rings. The third-order valence-corrected chi connectivity index (χ3v) is 7.03. The Kier molecular flexibility index (Phi) is 7.29. The topological polar surface area (TPSA) is 103 Å². The molecule has 1 aromatic carbocycles. The molecule has 170 valence electrons. The van der Waals surface area contributed by atoms with Gasteiger partial charge in [0.2, 0.25) is 5.91 Å². The van der Waals surface area contributed by atoms with Gasteiger partial charge in [0.15, 0.2) is 16.6 Å². The lowest BCUT2D eigenvalue weighted by atomic mass is 9.97. The highest BCUT2D eigenvalue weighted by Gasteiger charge is 2.33. The van der Waals surface area contributed by atoms with E-state index >= 15 is 0 Å². The minimum absolute atomic E-state index is 0.0127. The van der Waals surface area contributed by atoms with E-state index in [4.69, 9.17) is 9.47 Å². The molecule has 1 fully saturated rings. The Morgan fingerprint density at radius 3 is 2.58 bits per heavy atom. The molecule has 1 aromatic heterocycles. The van der Waals surface area contributed by atoms with Crippen LogP contribution in [0.25, 0.3) is 0 Å². The van der Waals surface area contributed by atoms with E-state index in [1.165, 1.54) is 29.7 Å². The SMILES string of the molecule is COCCOc1ccc(NC(=O)C2CCN(S(=O)(=O)c3cn(C)c(C)n3)CC2)cc1F. The predicted octanol–water partition coefficient (Wildman–Crippen LogP) is 1.93. The molecule has 9 nitrogen and oxygen atoms in total. The zero-order valence-electron chi connectivity index (χ0n) is 17.8. The average molecular weight is 455 g/mol. The fourth-order valence-electron chi connectivity index (χ4n) is 3.32. The van der Waals surface area contributed by atoms with Gasteiger partial charge in [-0.15, -0.1) is 0 Å². The molecule has 1 saturated heterocycles. The summed E-state index contributed by atoms with van der Waals surface area (Å²) in [7, 11) is -0.434. The highest BCUT2D eigenvalue weighted by atomic mass is 32.2. The number of rotatable bonds is 8. The van der Waals surface area contributed by atoms with Crippen molar-refractivity contribution in [1.29, 1.82) is 0 Å². The molecule has 1 aliphatic rings. The number of halogens is 1. The van der Waals surface area contributed by atoms with Crippen molar-refractivity contribution in [2.24, 2.45) is 13.0 Å². The number of carbonyl (C=O) groups is 1. The van der Waals surface area contributed by atoms with Crippen LogP contribution in [0.3, 0.4) is 0 Å². The van der Waals surface area contributed by atoms with Crippen molar-refractivity contribution in [3.8, 4) is 5.75 Å². The Bertz CT molecular complexity index is 1010. The van der Waals surface area contributed by atoms with Gasteiger partial charge in [0.05, 0.1) is 6.61 Å². The third kappa shape index (κ3) is 5.41. The first-order valence-electron chi connectivity index (χ1n) is 9.94. The van der Waals surface area contributed by atoms with Crippen LogP contribution in [0.1, 0.15) is 18.7 Å². The fourth-order valence-corrected chi connectivity index (χ4v) is 4.81. The van der Waals surface area contributed by atoms with Crippen LogP contribution in [0.2, 0.25) is 0 Å². The second kappa shape index (κ2) is 9.75. The van der Waals surface area contributed by atoms with E-state index in [-0.39, 0.29) is 42.3 Å². The molecular formula is C20H27FN4O5S. The zero-order chi connectivity index (χ0) is 22.6. The summed E-state index contributed by atoms with van der Waals surface area (Å²) in [6, 6.07) is 4.21. The predicted molar refractivity (Wildman–Crippen MR) is 112 cm³/mol. The van der Waals surface area contributed by atoms with E-state index in [2.05, 4.69) is 10.3 Å². The molecule has 0 bridgehead atoms. The van der Waals surface area contributed by atoms with Gasteiger partial charge >= 0.3 is 0 Å². The van der Waals surface area contributed by atoms with Crippen molar-refractivity contribution in [2.45, 2.75) is 24.8 Å². The quantitative estimate of drug-likeness (QED) is 0.612. The van der Waals surface area contributed by atoms with Crippen molar-refractivity contribution < 1.29 is 27.1 Å². The normalized spacial score (nSPS) is 15.7. The number of amides is 1. The Morgan fingerprint density at radius 1 is 1.29 bits per heavy atom. The molecule has 0 radical (unpaired) electrons. The lowest BCUT2D eigenvalue weighted by molar-refractivity contribution is -0.120. The zero-order valence-corrected chi connectivity index (χ0v) is 18.6. The van der Waals surface area contributed by atoms with E-state index in [1.807, 2.05) is 0 Å². The summed E-state index contributed by atoms with van der Waals surface area (Å²) in [5, 5.41) is 2.71. The van der Waals surface area contributed by atoms with Gasteiger partial charge in [-0.1, -0.05) is 0 Å². The second-order valence-corrected chi connectivity index (χ2v) is 9.28. The molecular weight excluding hydrogens is 427 g/mol. The van der Waals surface area contributed by atoms with Gasteiger partial charge in [-0.3, -0.25) is 4.79 Å². The summed E-state index contributed by atoms with van der Waals surface area (Å²) in [6.07, 6.45) is 2.23. The van der Waals surface area contributed by atoms with Crippen LogP contribution in [0.4, 0.5) is 10.1 Å². The number of piperidine rings is 1. The van der Waals surface area contributed by atoms with Crippen LogP contribution < -0.4 is 10.1 Å². The second-order valence-electron chi connectivity index (χ2n) is 7.39. The van der Waals surface area contributed by atoms with Crippen LogP contribution in [0, 0.1) is 18.7 Å². The van der Waals surface area contributed by atoms with Crippen molar-refractivity contribution in [3.05, 3.63) is 36.0 Å². The Morgan fingerprint density at radius 2 is 2.00 bits per heavy atom. The summed E-state index contributed by atoms with van der Waals surface area (Å²) in [6.45, 7) is 2.73. The number of imidazole rings is 1. The van der Waals surface area contributed by atoms with Crippen molar-refractivity contribution in [1.82, 2.24) is 13.9 Å². The molecule has 2 heterocycles. The number of carbonyl (C=O) groups excluding carboxylic acids is 1. The number of anilines is 1. The van der Waals surface area contributed by atoms with Crippen LogP contribution in [0.5, 0.6) is 5.75 Å². The van der Waals surface area contributed by atoms with Gasteiger partial charge in [-0.05, 0) is 31.9 Å². The van der Waals surface area contributed by atoms with Crippen LogP contribution in [-0.4, -0.2) is 61.6 Å². The molecule has 1 amide bonds. The smallest absolute Gasteiger partial charge is 0.262 e. The number of hydrogen-bond donors (Lipinski definition) is 1. The summed E-state index contributed by atoms with van der Waals surface area (Å²) in [5.74, 6) is -0.523. The molecule has 1 N–H and O–H groups in total. The molecule has 31 heavy (non-hydrogen) atoms. The fraction of sp³-hybridized carbons (Fsp3) is 0.500. The van der Waals surface area contributed by atoms with Gasteiger partial charge in [0.1, 0.15) is 12.4 Å². The maximum Gasteiger partial charge on any atom is 0.262 e. The van der Waals surface area contributed by atoms with Gasteiger partial charge in [0.25, 0.3) is 10.0 Å². The van der Waals surface area contributed by atoms with E-state index in [9.17, 15) is 17.6 Å². The highest BCUT2D eigenvalue weighted by Crippen LogP contribution is 2.26. The average Bonchev–Trinajstić information content (AvgIpc) is 3.09. The minimum atomic E-state index is -3.69. The number of nitrogens with zero attached hydrogens (tertiary/aromatic N) is 3.